The highest BCUT2D eigenvalue weighted by atomic mass is 35.5. The van der Waals surface area contributed by atoms with Crippen molar-refractivity contribution in [2.75, 3.05) is 14.2 Å². The molecule has 2 rings (SSSR count). The van der Waals surface area contributed by atoms with E-state index in [1.165, 1.54) is 7.11 Å². The van der Waals surface area contributed by atoms with Crippen LogP contribution < -0.4 is 4.74 Å². The van der Waals surface area contributed by atoms with Gasteiger partial charge in [-0.05, 0) is 36.0 Å². The van der Waals surface area contributed by atoms with Crippen LogP contribution in [-0.4, -0.2) is 20.2 Å². The van der Waals surface area contributed by atoms with Crippen LogP contribution in [0.15, 0.2) is 17.7 Å². The van der Waals surface area contributed by atoms with Gasteiger partial charge in [-0.2, -0.15) is 0 Å². The predicted molar refractivity (Wildman–Crippen MR) is 80.2 cm³/mol. The number of halogens is 1. The van der Waals surface area contributed by atoms with Crippen LogP contribution in [0.1, 0.15) is 37.3 Å². The summed E-state index contributed by atoms with van der Waals surface area (Å²) >= 11 is 6.40. The van der Waals surface area contributed by atoms with E-state index < -0.39 is 0 Å². The third-order valence-corrected chi connectivity index (χ3v) is 4.44. The molecular weight excluding hydrogens is 276 g/mol. The average molecular weight is 295 g/mol. The number of carbonyl (C=O) groups excluding carboxylic acids is 1. The minimum Gasteiger partial charge on any atom is -0.495 e. The second-order valence-corrected chi connectivity index (χ2v) is 5.59. The highest BCUT2D eigenvalue weighted by molar-refractivity contribution is 6.33. The van der Waals surface area contributed by atoms with Crippen molar-refractivity contribution >= 4 is 23.6 Å². The molecule has 0 aromatic heterocycles. The van der Waals surface area contributed by atoms with Gasteiger partial charge in [0.25, 0.3) is 0 Å². The van der Waals surface area contributed by atoms with E-state index in [0.717, 1.165) is 11.1 Å². The van der Waals surface area contributed by atoms with E-state index in [9.17, 15) is 4.79 Å². The van der Waals surface area contributed by atoms with Gasteiger partial charge in [0.2, 0.25) is 0 Å². The monoisotopic (exact) mass is 294 g/mol. The fraction of sp³-hybridized carbons (Fsp3) is 0.438. The van der Waals surface area contributed by atoms with Crippen LogP contribution in [0.4, 0.5) is 0 Å². The molecular formula is C16H19ClO3. The Bertz CT molecular complexity index is 563. The molecule has 0 amide bonds. The molecule has 3 nitrogen and oxygen atoms in total. The molecule has 0 radical (unpaired) electrons. The van der Waals surface area contributed by atoms with Crippen molar-refractivity contribution in [3.63, 3.8) is 0 Å². The first-order chi connectivity index (χ1) is 9.49. The Morgan fingerprint density at radius 1 is 1.30 bits per heavy atom. The third kappa shape index (κ3) is 2.55. The lowest BCUT2D eigenvalue weighted by molar-refractivity contribution is -0.136. The van der Waals surface area contributed by atoms with Crippen molar-refractivity contribution in [3.8, 4) is 5.75 Å². The average Bonchev–Trinajstić information content (AvgIpc) is 2.58. The highest BCUT2D eigenvalue weighted by Crippen LogP contribution is 2.41. The number of esters is 1. The van der Waals surface area contributed by atoms with Gasteiger partial charge < -0.3 is 9.47 Å². The van der Waals surface area contributed by atoms with Crippen molar-refractivity contribution in [3.05, 3.63) is 33.9 Å². The SMILES string of the molecule is COC(=O)C1=Cc2c(ccc(OC)c2Cl)C(C)C(C)C1. The number of hydrogen-bond acceptors (Lipinski definition) is 3. The molecule has 1 aliphatic carbocycles. The molecule has 1 aromatic carbocycles. The molecule has 1 aliphatic rings. The van der Waals surface area contributed by atoms with Gasteiger partial charge in [0.15, 0.2) is 0 Å². The van der Waals surface area contributed by atoms with E-state index >= 15 is 0 Å². The fourth-order valence-electron chi connectivity index (χ4n) is 2.63. The Balaban J connectivity index is 2.63. The summed E-state index contributed by atoms with van der Waals surface area (Å²) in [7, 11) is 2.98. The maximum Gasteiger partial charge on any atom is 0.333 e. The molecule has 20 heavy (non-hydrogen) atoms. The van der Waals surface area contributed by atoms with Crippen molar-refractivity contribution in [2.24, 2.45) is 5.92 Å². The zero-order valence-corrected chi connectivity index (χ0v) is 13.0. The minimum absolute atomic E-state index is 0.296. The maximum atomic E-state index is 11.9. The summed E-state index contributed by atoms with van der Waals surface area (Å²) in [6, 6.07) is 3.90. The normalized spacial score (nSPS) is 21.6. The van der Waals surface area contributed by atoms with E-state index in [2.05, 4.69) is 13.8 Å². The number of fused-ring (bicyclic) bond motifs is 1. The van der Waals surface area contributed by atoms with Crippen LogP contribution in [0, 0.1) is 5.92 Å². The zero-order valence-electron chi connectivity index (χ0n) is 12.2. The van der Waals surface area contributed by atoms with Crippen LogP contribution in [0.2, 0.25) is 5.02 Å². The van der Waals surface area contributed by atoms with Gasteiger partial charge in [0.1, 0.15) is 5.75 Å². The third-order valence-electron chi connectivity index (χ3n) is 4.05. The molecule has 108 valence electrons. The summed E-state index contributed by atoms with van der Waals surface area (Å²) in [5, 5.41) is 0.548. The molecule has 0 spiro atoms. The van der Waals surface area contributed by atoms with Crippen LogP contribution in [0.25, 0.3) is 6.08 Å². The number of carbonyl (C=O) groups is 1. The summed E-state index contributed by atoms with van der Waals surface area (Å²) in [5.74, 6) is 0.973. The first kappa shape index (κ1) is 14.9. The summed E-state index contributed by atoms with van der Waals surface area (Å²) < 4.78 is 10.1. The summed E-state index contributed by atoms with van der Waals surface area (Å²) in [5.41, 5.74) is 2.66. The van der Waals surface area contributed by atoms with Crippen molar-refractivity contribution in [1.29, 1.82) is 0 Å². The molecule has 0 N–H and O–H groups in total. The first-order valence-electron chi connectivity index (χ1n) is 6.64. The van der Waals surface area contributed by atoms with Gasteiger partial charge in [-0.1, -0.05) is 31.5 Å². The quantitative estimate of drug-likeness (QED) is 0.772. The minimum atomic E-state index is -0.296. The van der Waals surface area contributed by atoms with Crippen LogP contribution in [0.5, 0.6) is 5.75 Å². The Morgan fingerprint density at radius 3 is 2.60 bits per heavy atom. The molecule has 0 aliphatic heterocycles. The lowest BCUT2D eigenvalue weighted by Gasteiger charge is -2.20. The van der Waals surface area contributed by atoms with Crippen LogP contribution in [-0.2, 0) is 9.53 Å². The predicted octanol–water partition coefficient (Wildman–Crippen LogP) is 4.05. The van der Waals surface area contributed by atoms with Crippen LogP contribution in [0.3, 0.4) is 0 Å². The second-order valence-electron chi connectivity index (χ2n) is 5.22. The number of hydrogen-bond donors (Lipinski definition) is 0. The topological polar surface area (TPSA) is 35.5 Å². The molecule has 0 heterocycles. The molecule has 0 bridgehead atoms. The molecule has 1 aromatic rings. The van der Waals surface area contributed by atoms with Crippen molar-refractivity contribution < 1.29 is 14.3 Å². The molecule has 2 atom stereocenters. The van der Waals surface area contributed by atoms with Crippen molar-refractivity contribution in [1.82, 2.24) is 0 Å². The largest absolute Gasteiger partial charge is 0.495 e. The van der Waals surface area contributed by atoms with Crippen LogP contribution >= 0.6 is 11.6 Å². The van der Waals surface area contributed by atoms with E-state index in [1.807, 2.05) is 18.2 Å². The van der Waals surface area contributed by atoms with E-state index in [0.29, 0.717) is 34.6 Å². The van der Waals surface area contributed by atoms with E-state index in [1.54, 1.807) is 7.11 Å². The maximum absolute atomic E-state index is 11.9. The summed E-state index contributed by atoms with van der Waals surface area (Å²) in [4.78, 5) is 11.9. The number of rotatable bonds is 2. The molecule has 0 fully saturated rings. The molecule has 4 heteroatoms. The zero-order chi connectivity index (χ0) is 14.9. The van der Waals surface area contributed by atoms with Gasteiger partial charge in [-0.3, -0.25) is 0 Å². The summed E-state index contributed by atoms with van der Waals surface area (Å²) in [6.07, 6.45) is 2.52. The van der Waals surface area contributed by atoms with Crippen molar-refractivity contribution in [2.45, 2.75) is 26.2 Å². The second kappa shape index (κ2) is 5.88. The molecule has 2 unspecified atom stereocenters. The Morgan fingerprint density at radius 2 is 2.00 bits per heavy atom. The fourth-order valence-corrected chi connectivity index (χ4v) is 2.93. The van der Waals surface area contributed by atoms with Gasteiger partial charge in [0, 0.05) is 11.1 Å². The standard InChI is InChI=1S/C16H19ClO3/c1-9-7-11(16(18)20-4)8-13-12(10(9)2)5-6-14(19-3)15(13)17/h5-6,8-10H,7H2,1-4H3. The Kier molecular flexibility index (Phi) is 4.39. The van der Waals surface area contributed by atoms with Gasteiger partial charge in [-0.15, -0.1) is 0 Å². The number of methoxy groups -OCH3 is 2. The lowest BCUT2D eigenvalue weighted by Crippen LogP contribution is -2.10. The van der Waals surface area contributed by atoms with Gasteiger partial charge in [0.05, 0.1) is 19.2 Å². The Labute approximate surface area is 124 Å². The summed E-state index contributed by atoms with van der Waals surface area (Å²) in [6.45, 7) is 4.29. The molecule has 0 saturated heterocycles. The van der Waals surface area contributed by atoms with E-state index in [4.69, 9.17) is 21.1 Å². The number of ether oxygens (including phenoxy) is 2. The first-order valence-corrected chi connectivity index (χ1v) is 7.02. The highest BCUT2D eigenvalue weighted by Gasteiger charge is 2.27. The lowest BCUT2D eigenvalue weighted by atomic mass is 9.86. The van der Waals surface area contributed by atoms with Gasteiger partial charge >= 0.3 is 5.97 Å². The Hall–Kier alpha value is -1.48. The molecule has 0 saturated carbocycles. The number of benzene rings is 1. The van der Waals surface area contributed by atoms with Gasteiger partial charge in [-0.25, -0.2) is 4.79 Å². The van der Waals surface area contributed by atoms with E-state index in [-0.39, 0.29) is 5.97 Å². The smallest absolute Gasteiger partial charge is 0.333 e.